The van der Waals surface area contributed by atoms with Crippen molar-refractivity contribution in [2.24, 2.45) is 0 Å². The zero-order valence-electron chi connectivity index (χ0n) is 12.1. The Morgan fingerprint density at radius 2 is 2.25 bits per heavy atom. The number of aryl methyl sites for hydroxylation is 2. The number of amides is 1. The molecule has 0 radical (unpaired) electrons. The van der Waals surface area contributed by atoms with Crippen molar-refractivity contribution >= 4 is 33.7 Å². The van der Waals surface area contributed by atoms with Gasteiger partial charge in [0, 0.05) is 15.8 Å². The minimum atomic E-state index is -0.0235. The Morgan fingerprint density at radius 3 is 2.80 bits per heavy atom. The molecule has 108 valence electrons. The molecule has 2 aromatic rings. The van der Waals surface area contributed by atoms with Crippen molar-refractivity contribution in [3.63, 3.8) is 0 Å². The highest BCUT2D eigenvalue weighted by molar-refractivity contribution is 7.15. The first-order chi connectivity index (χ1) is 9.47. The molecule has 0 aromatic carbocycles. The number of nitrogens with zero attached hydrogens (tertiary/aromatic N) is 2. The summed E-state index contributed by atoms with van der Waals surface area (Å²) in [6.45, 7) is 6.42. The molecule has 0 saturated heterocycles. The van der Waals surface area contributed by atoms with Crippen molar-refractivity contribution in [3.8, 4) is 0 Å². The summed E-state index contributed by atoms with van der Waals surface area (Å²) in [4.78, 5) is 20.8. The van der Waals surface area contributed by atoms with Crippen LogP contribution in [-0.2, 0) is 4.79 Å². The van der Waals surface area contributed by atoms with Crippen LogP contribution in [0.3, 0.4) is 0 Å². The summed E-state index contributed by atoms with van der Waals surface area (Å²) in [6, 6.07) is 4.36. The lowest BCUT2D eigenvalue weighted by Crippen LogP contribution is -2.31. The molecule has 0 saturated carbocycles. The predicted octanol–water partition coefficient (Wildman–Crippen LogP) is 3.45. The fourth-order valence-electron chi connectivity index (χ4n) is 1.79. The zero-order valence-corrected chi connectivity index (χ0v) is 13.8. The maximum absolute atomic E-state index is 12.0. The number of thiazole rings is 1. The van der Waals surface area contributed by atoms with Crippen LogP contribution < -0.4 is 5.32 Å². The highest BCUT2D eigenvalue weighted by Crippen LogP contribution is 2.24. The van der Waals surface area contributed by atoms with Crippen molar-refractivity contribution in [2.75, 3.05) is 18.9 Å². The van der Waals surface area contributed by atoms with Crippen LogP contribution in [0.5, 0.6) is 0 Å². The highest BCUT2D eigenvalue weighted by Gasteiger charge is 2.16. The number of carbonyl (C=O) groups excluding carboxylic acids is 1. The fourth-order valence-corrected chi connectivity index (χ4v) is 3.47. The minimum absolute atomic E-state index is 0.0235. The first-order valence-electron chi connectivity index (χ1n) is 6.45. The number of hydrogen-bond donors (Lipinski definition) is 1. The van der Waals surface area contributed by atoms with Crippen molar-refractivity contribution < 1.29 is 4.79 Å². The van der Waals surface area contributed by atoms with Gasteiger partial charge in [-0.15, -0.1) is 22.7 Å². The van der Waals surface area contributed by atoms with Gasteiger partial charge in [-0.1, -0.05) is 6.07 Å². The Labute approximate surface area is 127 Å². The Kier molecular flexibility index (Phi) is 4.91. The van der Waals surface area contributed by atoms with Crippen molar-refractivity contribution in [3.05, 3.63) is 33.0 Å². The molecular weight excluding hydrogens is 290 g/mol. The molecule has 2 aromatic heterocycles. The maximum atomic E-state index is 12.0. The van der Waals surface area contributed by atoms with Crippen LogP contribution >= 0.6 is 22.7 Å². The van der Waals surface area contributed by atoms with Gasteiger partial charge >= 0.3 is 0 Å². The third-order valence-corrected chi connectivity index (χ3v) is 5.31. The SMILES string of the molecule is Cc1nc(NC(=O)CN(C)C(C)c2cccs2)sc1C. The molecule has 4 nitrogen and oxygen atoms in total. The summed E-state index contributed by atoms with van der Waals surface area (Å²) in [5.74, 6) is -0.0235. The van der Waals surface area contributed by atoms with E-state index in [1.165, 1.54) is 16.2 Å². The largest absolute Gasteiger partial charge is 0.301 e. The Hall–Kier alpha value is -1.24. The number of nitrogens with one attached hydrogen (secondary N) is 1. The van der Waals surface area contributed by atoms with Gasteiger partial charge in [0.15, 0.2) is 5.13 Å². The molecule has 2 rings (SSSR count). The summed E-state index contributed by atoms with van der Waals surface area (Å²) >= 11 is 3.23. The third-order valence-electron chi connectivity index (χ3n) is 3.28. The monoisotopic (exact) mass is 309 g/mol. The number of anilines is 1. The van der Waals surface area contributed by atoms with Crippen molar-refractivity contribution in [1.29, 1.82) is 0 Å². The second-order valence-electron chi connectivity index (χ2n) is 4.82. The molecule has 1 unspecified atom stereocenters. The van der Waals surface area contributed by atoms with Gasteiger partial charge in [0.05, 0.1) is 12.2 Å². The molecule has 2 heterocycles. The van der Waals surface area contributed by atoms with Gasteiger partial charge in [0.25, 0.3) is 0 Å². The van der Waals surface area contributed by atoms with E-state index >= 15 is 0 Å². The van der Waals surface area contributed by atoms with E-state index in [2.05, 4.69) is 28.7 Å². The van der Waals surface area contributed by atoms with Crippen LogP contribution in [0.4, 0.5) is 5.13 Å². The van der Waals surface area contributed by atoms with Gasteiger partial charge in [0.2, 0.25) is 5.91 Å². The molecule has 6 heteroatoms. The van der Waals surface area contributed by atoms with Gasteiger partial charge < -0.3 is 5.32 Å². The topological polar surface area (TPSA) is 45.2 Å². The van der Waals surface area contributed by atoms with Crippen LogP contribution in [-0.4, -0.2) is 29.4 Å². The number of hydrogen-bond acceptors (Lipinski definition) is 5. The molecule has 0 aliphatic carbocycles. The standard InChI is InChI=1S/C14H19N3OS2/c1-9-11(3)20-14(15-9)16-13(18)8-17(4)10(2)12-6-5-7-19-12/h5-7,10H,8H2,1-4H3,(H,15,16,18). The van der Waals surface area contributed by atoms with Crippen LogP contribution in [0.25, 0.3) is 0 Å². The molecule has 1 atom stereocenters. The third kappa shape index (κ3) is 3.65. The van der Waals surface area contributed by atoms with Gasteiger partial charge in [-0.2, -0.15) is 0 Å². The fraction of sp³-hybridized carbons (Fsp3) is 0.429. The molecule has 0 fully saturated rings. The van der Waals surface area contributed by atoms with E-state index in [0.29, 0.717) is 11.7 Å². The maximum Gasteiger partial charge on any atom is 0.240 e. The van der Waals surface area contributed by atoms with Crippen LogP contribution in [0.15, 0.2) is 17.5 Å². The second kappa shape index (κ2) is 6.47. The van der Waals surface area contributed by atoms with Crippen LogP contribution in [0, 0.1) is 13.8 Å². The molecule has 0 spiro atoms. The summed E-state index contributed by atoms with van der Waals surface area (Å²) in [5.41, 5.74) is 0.977. The van der Waals surface area contributed by atoms with Crippen LogP contribution in [0.2, 0.25) is 0 Å². The number of thiophene rings is 1. The summed E-state index contributed by atoms with van der Waals surface area (Å²) < 4.78 is 0. The quantitative estimate of drug-likeness (QED) is 0.920. The smallest absolute Gasteiger partial charge is 0.240 e. The lowest BCUT2D eigenvalue weighted by molar-refractivity contribution is -0.117. The van der Waals surface area contributed by atoms with E-state index < -0.39 is 0 Å². The zero-order chi connectivity index (χ0) is 14.7. The molecule has 1 N–H and O–H groups in total. The van der Waals surface area contributed by atoms with E-state index in [9.17, 15) is 4.79 Å². The molecular formula is C14H19N3OS2. The minimum Gasteiger partial charge on any atom is -0.301 e. The summed E-state index contributed by atoms with van der Waals surface area (Å²) in [6.07, 6.45) is 0. The van der Waals surface area contributed by atoms with Crippen molar-refractivity contribution in [2.45, 2.75) is 26.8 Å². The van der Waals surface area contributed by atoms with Gasteiger partial charge in [0.1, 0.15) is 0 Å². The molecule has 0 aliphatic rings. The number of aromatic nitrogens is 1. The Balaban J connectivity index is 1.91. The van der Waals surface area contributed by atoms with E-state index in [-0.39, 0.29) is 11.9 Å². The summed E-state index contributed by atoms with van der Waals surface area (Å²) in [5, 5.41) is 5.60. The first kappa shape index (κ1) is 15.2. The Morgan fingerprint density at radius 1 is 1.50 bits per heavy atom. The molecule has 20 heavy (non-hydrogen) atoms. The molecule has 1 amide bonds. The lowest BCUT2D eigenvalue weighted by atomic mass is 10.2. The van der Waals surface area contributed by atoms with E-state index in [1.807, 2.05) is 31.9 Å². The normalized spacial score (nSPS) is 12.7. The van der Waals surface area contributed by atoms with Gasteiger partial charge in [-0.3, -0.25) is 9.69 Å². The highest BCUT2D eigenvalue weighted by atomic mass is 32.1. The van der Waals surface area contributed by atoms with E-state index in [1.54, 1.807) is 11.3 Å². The second-order valence-corrected chi connectivity index (χ2v) is 7.00. The predicted molar refractivity (Wildman–Crippen MR) is 85.6 cm³/mol. The number of rotatable bonds is 5. The van der Waals surface area contributed by atoms with Crippen LogP contribution in [0.1, 0.15) is 28.4 Å². The van der Waals surface area contributed by atoms with E-state index in [0.717, 1.165) is 10.6 Å². The van der Waals surface area contributed by atoms with E-state index in [4.69, 9.17) is 0 Å². The lowest BCUT2D eigenvalue weighted by Gasteiger charge is -2.22. The molecule has 0 aliphatic heterocycles. The molecule has 0 bridgehead atoms. The van der Waals surface area contributed by atoms with Gasteiger partial charge in [-0.25, -0.2) is 4.98 Å². The average molecular weight is 309 g/mol. The first-order valence-corrected chi connectivity index (χ1v) is 8.14. The Bertz CT molecular complexity index is 558. The van der Waals surface area contributed by atoms with Crippen molar-refractivity contribution in [1.82, 2.24) is 9.88 Å². The average Bonchev–Trinajstić information content (AvgIpc) is 2.99. The van der Waals surface area contributed by atoms with Gasteiger partial charge in [-0.05, 0) is 39.3 Å². The number of likely N-dealkylation sites (N-methyl/N-ethyl adjacent to an activating group) is 1. The number of carbonyl (C=O) groups is 1. The summed E-state index contributed by atoms with van der Waals surface area (Å²) in [7, 11) is 1.96.